The van der Waals surface area contributed by atoms with Crippen LogP contribution in [0.4, 0.5) is 5.69 Å². The third-order valence-corrected chi connectivity index (χ3v) is 4.44. The van der Waals surface area contributed by atoms with Gasteiger partial charge in [-0.3, -0.25) is 14.9 Å². The third kappa shape index (κ3) is 3.56. The number of hydrogen-bond donors (Lipinski definition) is 1. The highest BCUT2D eigenvalue weighted by atomic mass is 16.6. The number of benzene rings is 2. The first-order valence-corrected chi connectivity index (χ1v) is 7.83. The van der Waals surface area contributed by atoms with Gasteiger partial charge in [0.15, 0.2) is 5.75 Å². The van der Waals surface area contributed by atoms with E-state index in [4.69, 9.17) is 4.74 Å². The summed E-state index contributed by atoms with van der Waals surface area (Å²) in [5, 5.41) is 20.3. The van der Waals surface area contributed by atoms with Gasteiger partial charge in [0.2, 0.25) is 0 Å². The van der Waals surface area contributed by atoms with Crippen molar-refractivity contribution in [2.24, 2.45) is 5.41 Å². The lowest BCUT2D eigenvalue weighted by molar-refractivity contribution is -0.385. The van der Waals surface area contributed by atoms with Gasteiger partial charge in [-0.15, -0.1) is 0 Å². The van der Waals surface area contributed by atoms with Crippen LogP contribution in [0.15, 0.2) is 42.5 Å². The van der Waals surface area contributed by atoms with E-state index < -0.39 is 22.2 Å². The number of nitro benzene ring substituents is 1. The second kappa shape index (κ2) is 7.35. The van der Waals surface area contributed by atoms with Crippen molar-refractivity contribution in [1.82, 2.24) is 0 Å². The quantitative estimate of drug-likeness (QED) is 0.460. The minimum Gasteiger partial charge on any atom is -0.490 e. The summed E-state index contributed by atoms with van der Waals surface area (Å²) in [6, 6.07) is 11.4. The van der Waals surface area contributed by atoms with Crippen molar-refractivity contribution < 1.29 is 24.4 Å². The number of aldehydes is 1. The summed E-state index contributed by atoms with van der Waals surface area (Å²) in [4.78, 5) is 33.3. The molecule has 0 fully saturated rings. The summed E-state index contributed by atoms with van der Waals surface area (Å²) in [7, 11) is 1.36. The van der Waals surface area contributed by atoms with E-state index in [-0.39, 0.29) is 11.4 Å². The summed E-state index contributed by atoms with van der Waals surface area (Å²) in [6.07, 6.45) is 0.637. The van der Waals surface area contributed by atoms with E-state index in [1.165, 1.54) is 27.0 Å². The highest BCUT2D eigenvalue weighted by Gasteiger charge is 2.37. The van der Waals surface area contributed by atoms with E-state index in [1.807, 2.05) is 0 Å². The number of carboxylic acids is 1. The topological polar surface area (TPSA) is 107 Å². The molecule has 0 aromatic heterocycles. The van der Waals surface area contributed by atoms with Gasteiger partial charge < -0.3 is 14.6 Å². The molecular formula is C19H19NO6. The van der Waals surface area contributed by atoms with Crippen molar-refractivity contribution in [2.45, 2.75) is 19.8 Å². The van der Waals surface area contributed by atoms with Crippen LogP contribution in [-0.4, -0.2) is 29.4 Å². The smallest absolute Gasteiger partial charge is 0.310 e. The number of carbonyl (C=O) groups excluding carboxylic acids is 1. The van der Waals surface area contributed by atoms with Crippen molar-refractivity contribution in [3.8, 4) is 16.9 Å². The Bertz CT molecular complexity index is 842. The fraction of sp³-hybridized carbons (Fsp3) is 0.263. The molecule has 0 heterocycles. The molecule has 2 aromatic carbocycles. The average Bonchev–Trinajstić information content (AvgIpc) is 2.61. The number of nitrogens with zero attached hydrogens (tertiary/aromatic N) is 1. The molecule has 1 N–H and O–H groups in total. The number of nitro groups is 1. The van der Waals surface area contributed by atoms with Crippen molar-refractivity contribution in [3.05, 3.63) is 58.1 Å². The Kier molecular flexibility index (Phi) is 5.40. The number of hydrogen-bond acceptors (Lipinski definition) is 5. The minimum absolute atomic E-state index is 0.128. The van der Waals surface area contributed by atoms with Crippen molar-refractivity contribution >= 4 is 17.9 Å². The van der Waals surface area contributed by atoms with Crippen LogP contribution < -0.4 is 4.74 Å². The van der Waals surface area contributed by atoms with Crippen LogP contribution >= 0.6 is 0 Å². The van der Waals surface area contributed by atoms with Gasteiger partial charge in [-0.2, -0.15) is 0 Å². The summed E-state index contributed by atoms with van der Waals surface area (Å²) in [5.41, 5.74) is 0.695. The first-order valence-electron chi connectivity index (χ1n) is 7.83. The van der Waals surface area contributed by atoms with Crippen molar-refractivity contribution in [2.75, 3.05) is 7.11 Å². The molecule has 1 atom stereocenters. The SMILES string of the molecule is COc1cc(-c2ccc(C(C=O)C(C)(C)C(=O)O)cc2)ccc1[N+](=O)[O-]. The third-order valence-electron chi connectivity index (χ3n) is 4.44. The normalized spacial score (nSPS) is 12.3. The van der Waals surface area contributed by atoms with Crippen LogP contribution in [0.1, 0.15) is 25.3 Å². The average molecular weight is 357 g/mol. The molecule has 0 spiro atoms. The molecule has 2 rings (SSSR count). The molecule has 7 heteroatoms. The van der Waals surface area contributed by atoms with Gasteiger partial charge in [-0.05, 0) is 42.7 Å². The molecule has 0 amide bonds. The zero-order valence-corrected chi connectivity index (χ0v) is 14.6. The summed E-state index contributed by atoms with van der Waals surface area (Å²) >= 11 is 0. The van der Waals surface area contributed by atoms with E-state index in [9.17, 15) is 24.8 Å². The van der Waals surface area contributed by atoms with E-state index in [1.54, 1.807) is 36.4 Å². The summed E-state index contributed by atoms with van der Waals surface area (Å²) < 4.78 is 5.07. The maximum Gasteiger partial charge on any atom is 0.310 e. The molecule has 26 heavy (non-hydrogen) atoms. The Balaban J connectivity index is 2.39. The van der Waals surface area contributed by atoms with Gasteiger partial charge in [0, 0.05) is 6.07 Å². The largest absolute Gasteiger partial charge is 0.490 e. The van der Waals surface area contributed by atoms with Crippen LogP contribution in [0.2, 0.25) is 0 Å². The Morgan fingerprint density at radius 3 is 2.23 bits per heavy atom. The predicted octanol–water partition coefficient (Wildman–Crippen LogP) is 3.66. The number of carboxylic acid groups (broad SMARTS) is 1. The van der Waals surface area contributed by atoms with Gasteiger partial charge >= 0.3 is 11.7 Å². The Hall–Kier alpha value is -3.22. The van der Waals surface area contributed by atoms with Crippen molar-refractivity contribution in [1.29, 1.82) is 0 Å². The maximum absolute atomic E-state index is 11.5. The molecule has 136 valence electrons. The van der Waals surface area contributed by atoms with Crippen molar-refractivity contribution in [3.63, 3.8) is 0 Å². The second-order valence-electron chi connectivity index (χ2n) is 6.41. The predicted molar refractivity (Wildman–Crippen MR) is 95.3 cm³/mol. The number of methoxy groups -OCH3 is 1. The van der Waals surface area contributed by atoms with Gasteiger partial charge in [-0.25, -0.2) is 0 Å². The number of aliphatic carboxylic acids is 1. The van der Waals surface area contributed by atoms with Gasteiger partial charge in [0.05, 0.1) is 23.4 Å². The van der Waals surface area contributed by atoms with Crippen LogP contribution in [0.3, 0.4) is 0 Å². The molecule has 0 saturated heterocycles. The fourth-order valence-corrected chi connectivity index (χ4v) is 2.69. The molecule has 0 radical (unpaired) electrons. The molecule has 0 bridgehead atoms. The zero-order chi connectivity index (χ0) is 19.5. The van der Waals surface area contributed by atoms with E-state index in [0.29, 0.717) is 17.4 Å². The fourth-order valence-electron chi connectivity index (χ4n) is 2.69. The van der Waals surface area contributed by atoms with E-state index in [2.05, 4.69) is 0 Å². The van der Waals surface area contributed by atoms with Crippen LogP contribution in [-0.2, 0) is 9.59 Å². The monoisotopic (exact) mass is 357 g/mol. The standard InChI is InChI=1S/C19H19NO6/c1-19(2,18(22)23)15(11-21)13-6-4-12(5-7-13)14-8-9-16(20(24)25)17(10-14)26-3/h4-11,15H,1-3H3,(H,22,23). The Morgan fingerprint density at radius 2 is 1.77 bits per heavy atom. The molecule has 1 unspecified atom stereocenters. The summed E-state index contributed by atoms with van der Waals surface area (Å²) in [5.74, 6) is -1.70. The number of rotatable bonds is 7. The number of ether oxygens (including phenoxy) is 1. The Labute approximate surface area is 150 Å². The minimum atomic E-state index is -1.24. The molecule has 0 saturated carbocycles. The Morgan fingerprint density at radius 1 is 1.19 bits per heavy atom. The maximum atomic E-state index is 11.5. The molecule has 0 aliphatic rings. The zero-order valence-electron chi connectivity index (χ0n) is 14.6. The van der Waals surface area contributed by atoms with Gasteiger partial charge in [-0.1, -0.05) is 24.3 Å². The first-order chi connectivity index (χ1) is 12.2. The molecule has 0 aliphatic heterocycles. The second-order valence-corrected chi connectivity index (χ2v) is 6.41. The van der Waals surface area contributed by atoms with Gasteiger partial charge in [0.1, 0.15) is 6.29 Å². The van der Waals surface area contributed by atoms with Gasteiger partial charge in [0.25, 0.3) is 0 Å². The summed E-state index contributed by atoms with van der Waals surface area (Å²) in [6.45, 7) is 3.01. The lowest BCUT2D eigenvalue weighted by atomic mass is 9.75. The van der Waals surface area contributed by atoms with Crippen LogP contribution in [0.25, 0.3) is 11.1 Å². The highest BCUT2D eigenvalue weighted by molar-refractivity contribution is 5.82. The molecule has 0 aliphatic carbocycles. The molecule has 7 nitrogen and oxygen atoms in total. The molecular weight excluding hydrogens is 338 g/mol. The first kappa shape index (κ1) is 19.1. The lowest BCUT2D eigenvalue weighted by Gasteiger charge is -2.26. The lowest BCUT2D eigenvalue weighted by Crippen LogP contribution is -2.32. The van der Waals surface area contributed by atoms with E-state index >= 15 is 0 Å². The molecule has 2 aromatic rings. The van der Waals surface area contributed by atoms with E-state index in [0.717, 1.165) is 5.56 Å². The highest BCUT2D eigenvalue weighted by Crippen LogP contribution is 2.36. The van der Waals surface area contributed by atoms with Crippen LogP contribution in [0, 0.1) is 15.5 Å². The number of carbonyl (C=O) groups is 2. The van der Waals surface area contributed by atoms with Crippen LogP contribution in [0.5, 0.6) is 5.75 Å².